The number of hydrogen-bond donors (Lipinski definition) is 1. The van der Waals surface area contributed by atoms with Crippen molar-refractivity contribution in [3.05, 3.63) is 101 Å². The van der Waals surface area contributed by atoms with Gasteiger partial charge in [-0.25, -0.2) is 21.6 Å². The Bertz CT molecular complexity index is 1320. The van der Waals surface area contributed by atoms with Gasteiger partial charge < -0.3 is 9.84 Å². The lowest BCUT2D eigenvalue weighted by Gasteiger charge is -2.35. The van der Waals surface area contributed by atoms with Gasteiger partial charge in [0.05, 0.1) is 12.7 Å². The highest BCUT2D eigenvalue weighted by atomic mass is 32.2. The van der Waals surface area contributed by atoms with Crippen LogP contribution < -0.4 is 0 Å². The minimum Gasteiger partial charge on any atom is -0.389 e. The zero-order valence-electron chi connectivity index (χ0n) is 20.4. The van der Waals surface area contributed by atoms with Crippen LogP contribution in [-0.4, -0.2) is 68.2 Å². The van der Waals surface area contributed by atoms with Crippen molar-refractivity contribution in [1.29, 1.82) is 0 Å². The average molecular weight is 535 g/mol. The van der Waals surface area contributed by atoms with Gasteiger partial charge in [0.1, 0.15) is 11.0 Å². The smallest absolute Gasteiger partial charge is 0.246 e. The van der Waals surface area contributed by atoms with Crippen molar-refractivity contribution in [3.63, 3.8) is 0 Å². The molecule has 1 aliphatic rings. The molecule has 0 unspecified atom stereocenters. The van der Waals surface area contributed by atoms with Gasteiger partial charge in [-0.1, -0.05) is 54.6 Å². The van der Waals surface area contributed by atoms with Crippen LogP contribution in [0.4, 0.5) is 13.2 Å². The molecule has 1 heterocycles. The van der Waals surface area contributed by atoms with E-state index in [0.717, 1.165) is 27.1 Å². The van der Waals surface area contributed by atoms with Crippen molar-refractivity contribution in [2.24, 2.45) is 0 Å². The maximum Gasteiger partial charge on any atom is 0.246 e. The van der Waals surface area contributed by atoms with Crippen LogP contribution in [0.5, 0.6) is 0 Å². The molecule has 3 aromatic rings. The largest absolute Gasteiger partial charge is 0.389 e. The van der Waals surface area contributed by atoms with E-state index in [4.69, 9.17) is 4.74 Å². The van der Waals surface area contributed by atoms with Crippen molar-refractivity contribution in [2.75, 3.05) is 39.3 Å². The van der Waals surface area contributed by atoms with Crippen molar-refractivity contribution in [2.45, 2.75) is 24.0 Å². The summed E-state index contributed by atoms with van der Waals surface area (Å²) in [4.78, 5) is 0.990. The summed E-state index contributed by atoms with van der Waals surface area (Å²) < 4.78 is 73.7. The molecule has 198 valence electrons. The van der Waals surface area contributed by atoms with E-state index in [1.807, 2.05) is 66.4 Å². The highest BCUT2D eigenvalue weighted by Crippen LogP contribution is 2.29. The van der Waals surface area contributed by atoms with E-state index < -0.39 is 38.5 Å². The third kappa shape index (κ3) is 6.22. The number of halogens is 3. The van der Waals surface area contributed by atoms with E-state index >= 15 is 0 Å². The molecule has 1 saturated heterocycles. The van der Waals surface area contributed by atoms with Crippen LogP contribution in [-0.2, 0) is 14.8 Å². The topological polar surface area (TPSA) is 70.1 Å². The van der Waals surface area contributed by atoms with E-state index in [2.05, 4.69) is 0 Å². The van der Waals surface area contributed by atoms with Gasteiger partial charge >= 0.3 is 0 Å². The number of nitrogens with zero attached hydrogens (tertiary/aromatic N) is 2. The Morgan fingerprint density at radius 2 is 1.54 bits per heavy atom. The third-order valence-electron chi connectivity index (χ3n) is 6.45. The van der Waals surface area contributed by atoms with Crippen LogP contribution in [0.1, 0.15) is 22.8 Å². The van der Waals surface area contributed by atoms with Crippen LogP contribution in [0, 0.1) is 24.4 Å². The van der Waals surface area contributed by atoms with Gasteiger partial charge in [-0.2, -0.15) is 4.31 Å². The summed E-state index contributed by atoms with van der Waals surface area (Å²) in [6.45, 7) is 2.91. The molecule has 0 spiro atoms. The molecule has 6 nitrogen and oxygen atoms in total. The van der Waals surface area contributed by atoms with E-state index in [0.29, 0.717) is 6.07 Å². The summed E-state index contributed by atoms with van der Waals surface area (Å²) in [5.74, 6) is -4.99. The average Bonchev–Trinajstić information content (AvgIpc) is 2.89. The van der Waals surface area contributed by atoms with E-state index in [9.17, 15) is 26.7 Å². The predicted molar refractivity (Wildman–Crippen MR) is 133 cm³/mol. The molecule has 4 rings (SSSR count). The molecule has 2 atom stereocenters. The summed E-state index contributed by atoms with van der Waals surface area (Å²) in [6.07, 6.45) is -1.19. The number of rotatable bonds is 9. The maximum atomic E-state index is 14.1. The quantitative estimate of drug-likeness (QED) is 0.422. The van der Waals surface area contributed by atoms with Crippen LogP contribution >= 0.6 is 0 Å². The lowest BCUT2D eigenvalue weighted by molar-refractivity contribution is -0.0118. The predicted octanol–water partition coefficient (Wildman–Crippen LogP) is 3.89. The number of sulfonamides is 1. The molecule has 3 aromatic carbocycles. The molecule has 0 saturated carbocycles. The molecule has 0 radical (unpaired) electrons. The fraction of sp³-hybridized carbons (Fsp3) is 0.333. The van der Waals surface area contributed by atoms with Gasteiger partial charge in [0.15, 0.2) is 17.5 Å². The SMILES string of the molecule is Cc1ccccc1[C@@H](OC[C@H](O)CN1CCN(S(=O)(=O)c2ccc(F)c(F)c2F)CC1)c1ccccc1. The van der Waals surface area contributed by atoms with Gasteiger partial charge in [-0.3, -0.25) is 4.90 Å². The van der Waals surface area contributed by atoms with Crippen molar-refractivity contribution in [1.82, 2.24) is 9.21 Å². The highest BCUT2D eigenvalue weighted by molar-refractivity contribution is 7.89. The van der Waals surface area contributed by atoms with Crippen LogP contribution in [0.2, 0.25) is 0 Å². The molecule has 1 aliphatic heterocycles. The van der Waals surface area contributed by atoms with Crippen molar-refractivity contribution in [3.8, 4) is 0 Å². The van der Waals surface area contributed by atoms with Gasteiger partial charge in [0.25, 0.3) is 0 Å². The fourth-order valence-corrected chi connectivity index (χ4v) is 5.91. The third-order valence-corrected chi connectivity index (χ3v) is 8.36. The van der Waals surface area contributed by atoms with Crippen LogP contribution in [0.15, 0.2) is 71.6 Å². The standard InChI is InChI=1S/C27H29F3N2O4S/c1-19-7-5-6-10-22(19)27(20-8-3-2-4-9-20)36-18-21(33)17-31-13-15-32(16-14-31)37(34,35)24-12-11-23(28)25(29)26(24)30/h2-12,21,27,33H,13-18H2,1H3/t21-,27+/m1/s1. The Labute approximate surface area is 215 Å². The normalized spacial score (nSPS) is 17.0. The number of ether oxygens (including phenoxy) is 1. The summed E-state index contributed by atoms with van der Waals surface area (Å²) >= 11 is 0. The lowest BCUT2D eigenvalue weighted by atomic mass is 9.97. The number of piperazine rings is 1. The zero-order chi connectivity index (χ0) is 26.6. The minimum absolute atomic E-state index is 0.0181. The summed E-state index contributed by atoms with van der Waals surface area (Å²) in [5.41, 5.74) is 3.04. The van der Waals surface area contributed by atoms with E-state index in [1.165, 1.54) is 0 Å². The molecule has 0 aromatic heterocycles. The first-order chi connectivity index (χ1) is 17.7. The number of benzene rings is 3. The molecular weight excluding hydrogens is 505 g/mol. The molecule has 0 amide bonds. The fourth-order valence-electron chi connectivity index (χ4n) is 4.43. The van der Waals surface area contributed by atoms with Crippen LogP contribution in [0.3, 0.4) is 0 Å². The second-order valence-electron chi connectivity index (χ2n) is 9.01. The first-order valence-electron chi connectivity index (χ1n) is 11.9. The number of aliphatic hydroxyl groups is 1. The molecular formula is C27H29F3N2O4S. The number of aryl methyl sites for hydroxylation is 1. The van der Waals surface area contributed by atoms with Gasteiger partial charge in [-0.15, -0.1) is 0 Å². The molecule has 0 bridgehead atoms. The molecule has 10 heteroatoms. The van der Waals surface area contributed by atoms with Gasteiger partial charge in [-0.05, 0) is 35.7 Å². The Morgan fingerprint density at radius 3 is 2.22 bits per heavy atom. The molecule has 37 heavy (non-hydrogen) atoms. The second-order valence-corrected chi connectivity index (χ2v) is 10.9. The van der Waals surface area contributed by atoms with Gasteiger partial charge in [0, 0.05) is 32.7 Å². The lowest BCUT2D eigenvalue weighted by Crippen LogP contribution is -2.50. The maximum absolute atomic E-state index is 14.1. The first kappa shape index (κ1) is 27.3. The molecule has 0 aliphatic carbocycles. The number of β-amino-alcohol motifs (C(OH)–C–C–N with tert-alkyl or cyclic N) is 1. The Hall–Kier alpha value is -2.76. The second kappa shape index (κ2) is 11.7. The van der Waals surface area contributed by atoms with E-state index in [1.54, 1.807) is 0 Å². The number of hydrogen-bond acceptors (Lipinski definition) is 5. The van der Waals surface area contributed by atoms with Gasteiger partial charge in [0.2, 0.25) is 10.0 Å². The molecule has 1 N–H and O–H groups in total. The van der Waals surface area contributed by atoms with E-state index in [-0.39, 0.29) is 45.4 Å². The Morgan fingerprint density at radius 1 is 0.892 bits per heavy atom. The highest BCUT2D eigenvalue weighted by Gasteiger charge is 2.33. The van der Waals surface area contributed by atoms with Crippen LogP contribution in [0.25, 0.3) is 0 Å². The Balaban J connectivity index is 1.35. The molecule has 1 fully saturated rings. The monoisotopic (exact) mass is 534 g/mol. The minimum atomic E-state index is -4.33. The summed E-state index contributed by atoms with van der Waals surface area (Å²) in [6, 6.07) is 19.0. The Kier molecular flexibility index (Phi) is 8.66. The first-order valence-corrected chi connectivity index (χ1v) is 13.4. The van der Waals surface area contributed by atoms with Crippen molar-refractivity contribution < 1.29 is 31.4 Å². The van der Waals surface area contributed by atoms with Crippen molar-refractivity contribution >= 4 is 10.0 Å². The zero-order valence-corrected chi connectivity index (χ0v) is 21.2. The summed E-state index contributed by atoms with van der Waals surface area (Å²) in [7, 11) is -4.33. The number of aliphatic hydroxyl groups excluding tert-OH is 1. The summed E-state index contributed by atoms with van der Waals surface area (Å²) in [5, 5.41) is 10.7.